The van der Waals surface area contributed by atoms with Crippen molar-refractivity contribution in [1.82, 2.24) is 10.2 Å². The van der Waals surface area contributed by atoms with Crippen LogP contribution in [0.15, 0.2) is 30.3 Å². The van der Waals surface area contributed by atoms with Gasteiger partial charge in [0.1, 0.15) is 0 Å². The summed E-state index contributed by atoms with van der Waals surface area (Å²) < 4.78 is 0. The summed E-state index contributed by atoms with van der Waals surface area (Å²) in [5, 5.41) is 3.66. The van der Waals surface area contributed by atoms with Gasteiger partial charge in [0.25, 0.3) is 0 Å². The lowest BCUT2D eigenvalue weighted by atomic mass is 10.0. The van der Waals surface area contributed by atoms with E-state index in [9.17, 15) is 0 Å². The smallest absolute Gasteiger partial charge is 0.0332 e. The Hall–Kier alpha value is -0.860. The van der Waals surface area contributed by atoms with Crippen LogP contribution in [0.1, 0.15) is 64.0 Å². The summed E-state index contributed by atoms with van der Waals surface area (Å²) in [4.78, 5) is 2.75. The van der Waals surface area contributed by atoms with E-state index in [4.69, 9.17) is 0 Å². The quantitative estimate of drug-likeness (QED) is 0.801. The third-order valence-electron chi connectivity index (χ3n) is 4.83. The van der Waals surface area contributed by atoms with Gasteiger partial charge in [0.2, 0.25) is 0 Å². The van der Waals surface area contributed by atoms with Crippen LogP contribution in [0.4, 0.5) is 0 Å². The summed E-state index contributed by atoms with van der Waals surface area (Å²) in [6, 6.07) is 12.2. The number of likely N-dealkylation sites (tertiary alicyclic amines) is 1. The highest BCUT2D eigenvalue weighted by atomic mass is 15.2. The molecule has 1 aliphatic heterocycles. The summed E-state index contributed by atoms with van der Waals surface area (Å²) in [5.74, 6) is 0. The molecule has 21 heavy (non-hydrogen) atoms. The van der Waals surface area contributed by atoms with E-state index in [1.807, 2.05) is 0 Å². The molecule has 0 aliphatic carbocycles. The van der Waals surface area contributed by atoms with Crippen LogP contribution >= 0.6 is 0 Å². The Morgan fingerprint density at radius 2 is 1.95 bits per heavy atom. The van der Waals surface area contributed by atoms with E-state index in [-0.39, 0.29) is 0 Å². The molecular weight excluding hydrogens is 256 g/mol. The molecule has 0 bridgehead atoms. The number of benzene rings is 1. The fraction of sp³-hybridized carbons (Fsp3) is 0.684. The van der Waals surface area contributed by atoms with E-state index < -0.39 is 0 Å². The van der Waals surface area contributed by atoms with Gasteiger partial charge in [-0.3, -0.25) is 0 Å². The Morgan fingerprint density at radius 3 is 2.67 bits per heavy atom. The average Bonchev–Trinajstić information content (AvgIpc) is 2.77. The van der Waals surface area contributed by atoms with E-state index in [2.05, 4.69) is 54.4 Å². The highest BCUT2D eigenvalue weighted by Gasteiger charge is 2.20. The molecular formula is C19H32N2. The molecule has 2 nitrogen and oxygen atoms in total. The molecule has 1 heterocycles. The maximum absolute atomic E-state index is 3.66. The van der Waals surface area contributed by atoms with Gasteiger partial charge in [-0.2, -0.15) is 0 Å². The third-order valence-corrected chi connectivity index (χ3v) is 4.83. The summed E-state index contributed by atoms with van der Waals surface area (Å²) in [5.41, 5.74) is 1.43. The van der Waals surface area contributed by atoms with Crippen LogP contribution in [0.3, 0.4) is 0 Å². The van der Waals surface area contributed by atoms with E-state index in [1.165, 1.54) is 57.2 Å². The normalized spacial score (nSPS) is 21.9. The van der Waals surface area contributed by atoms with Crippen LogP contribution in [-0.4, -0.2) is 30.6 Å². The number of nitrogens with one attached hydrogen (secondary N) is 1. The Labute approximate surface area is 130 Å². The number of hydrogen-bond acceptors (Lipinski definition) is 2. The van der Waals surface area contributed by atoms with Crippen molar-refractivity contribution >= 4 is 0 Å². The lowest BCUT2D eigenvalue weighted by Gasteiger charge is -2.31. The molecule has 118 valence electrons. The van der Waals surface area contributed by atoms with Crippen LogP contribution < -0.4 is 5.32 Å². The first kappa shape index (κ1) is 16.5. The molecule has 1 aromatic rings. The predicted molar refractivity (Wildman–Crippen MR) is 91.6 cm³/mol. The molecule has 0 radical (unpaired) electrons. The Morgan fingerprint density at radius 1 is 1.14 bits per heavy atom. The molecule has 0 saturated carbocycles. The minimum Gasteiger partial charge on any atom is -0.310 e. The third kappa shape index (κ3) is 5.12. The number of nitrogens with zero attached hydrogens (tertiary/aromatic N) is 1. The highest BCUT2D eigenvalue weighted by Crippen LogP contribution is 2.22. The monoisotopic (exact) mass is 288 g/mol. The molecule has 0 aromatic heterocycles. The van der Waals surface area contributed by atoms with Crippen molar-refractivity contribution in [2.75, 3.05) is 19.6 Å². The van der Waals surface area contributed by atoms with E-state index in [0.717, 1.165) is 12.6 Å². The SMILES string of the molecule is CCNC(CCN1CCCCCC1CC)c1ccccc1. The summed E-state index contributed by atoms with van der Waals surface area (Å²) in [6.45, 7) is 8.12. The first-order valence-corrected chi connectivity index (χ1v) is 8.87. The largest absolute Gasteiger partial charge is 0.310 e. The summed E-state index contributed by atoms with van der Waals surface area (Å²) in [7, 11) is 0. The molecule has 1 fully saturated rings. The Balaban J connectivity index is 1.94. The minimum atomic E-state index is 0.497. The fourth-order valence-electron chi connectivity index (χ4n) is 3.61. The van der Waals surface area contributed by atoms with Gasteiger partial charge in [-0.05, 0) is 44.3 Å². The lowest BCUT2D eigenvalue weighted by molar-refractivity contribution is 0.185. The van der Waals surface area contributed by atoms with Gasteiger partial charge in [-0.25, -0.2) is 0 Å². The van der Waals surface area contributed by atoms with Crippen LogP contribution in [0.5, 0.6) is 0 Å². The Kier molecular flexibility index (Phi) is 7.25. The lowest BCUT2D eigenvalue weighted by Crippen LogP contribution is -2.37. The maximum atomic E-state index is 3.66. The van der Waals surface area contributed by atoms with Crippen molar-refractivity contribution < 1.29 is 0 Å². The van der Waals surface area contributed by atoms with Crippen molar-refractivity contribution in [3.8, 4) is 0 Å². The highest BCUT2D eigenvalue weighted by molar-refractivity contribution is 5.18. The minimum absolute atomic E-state index is 0.497. The second-order valence-electron chi connectivity index (χ2n) is 6.26. The molecule has 2 heteroatoms. The van der Waals surface area contributed by atoms with Gasteiger partial charge in [-0.1, -0.05) is 57.0 Å². The van der Waals surface area contributed by atoms with Crippen molar-refractivity contribution in [2.24, 2.45) is 0 Å². The van der Waals surface area contributed by atoms with Crippen molar-refractivity contribution in [2.45, 2.75) is 64.5 Å². The van der Waals surface area contributed by atoms with Gasteiger partial charge in [0.05, 0.1) is 0 Å². The standard InChI is InChI=1S/C19H32N2/c1-3-18-13-9-6-10-15-21(18)16-14-19(20-4-2)17-11-7-5-8-12-17/h5,7-8,11-12,18-20H,3-4,6,9-10,13-16H2,1-2H3. The second-order valence-corrected chi connectivity index (χ2v) is 6.26. The molecule has 2 rings (SSSR count). The van der Waals surface area contributed by atoms with Crippen LogP contribution in [0.2, 0.25) is 0 Å². The molecule has 1 saturated heterocycles. The van der Waals surface area contributed by atoms with Gasteiger partial charge in [0.15, 0.2) is 0 Å². The number of rotatable bonds is 7. The van der Waals surface area contributed by atoms with Gasteiger partial charge >= 0.3 is 0 Å². The first-order chi connectivity index (χ1) is 10.3. The predicted octanol–water partition coefficient (Wildman–Crippen LogP) is 4.38. The van der Waals surface area contributed by atoms with E-state index >= 15 is 0 Å². The van der Waals surface area contributed by atoms with E-state index in [1.54, 1.807) is 0 Å². The van der Waals surface area contributed by atoms with Gasteiger partial charge < -0.3 is 10.2 Å². The zero-order valence-corrected chi connectivity index (χ0v) is 13.9. The van der Waals surface area contributed by atoms with E-state index in [0.29, 0.717) is 6.04 Å². The number of hydrogen-bond donors (Lipinski definition) is 1. The van der Waals surface area contributed by atoms with Gasteiger partial charge in [0, 0.05) is 18.6 Å². The molecule has 2 unspecified atom stereocenters. The molecule has 1 aromatic carbocycles. The molecule has 1 N–H and O–H groups in total. The Bertz CT molecular complexity index is 376. The molecule has 0 amide bonds. The maximum Gasteiger partial charge on any atom is 0.0332 e. The van der Waals surface area contributed by atoms with Crippen LogP contribution in [0, 0.1) is 0 Å². The summed E-state index contributed by atoms with van der Waals surface area (Å²) in [6.07, 6.45) is 8.14. The molecule has 1 aliphatic rings. The molecule has 2 atom stereocenters. The topological polar surface area (TPSA) is 15.3 Å². The zero-order chi connectivity index (χ0) is 14.9. The van der Waals surface area contributed by atoms with Crippen LogP contribution in [0.25, 0.3) is 0 Å². The zero-order valence-electron chi connectivity index (χ0n) is 13.9. The molecule has 0 spiro atoms. The summed E-state index contributed by atoms with van der Waals surface area (Å²) >= 11 is 0. The fourth-order valence-corrected chi connectivity index (χ4v) is 3.61. The average molecular weight is 288 g/mol. The second kappa shape index (κ2) is 9.22. The first-order valence-electron chi connectivity index (χ1n) is 8.87. The van der Waals surface area contributed by atoms with Crippen molar-refractivity contribution in [1.29, 1.82) is 0 Å². The van der Waals surface area contributed by atoms with Crippen LogP contribution in [-0.2, 0) is 0 Å². The van der Waals surface area contributed by atoms with Crippen molar-refractivity contribution in [3.63, 3.8) is 0 Å². The van der Waals surface area contributed by atoms with Gasteiger partial charge in [-0.15, -0.1) is 0 Å². The van der Waals surface area contributed by atoms with Crippen molar-refractivity contribution in [3.05, 3.63) is 35.9 Å².